The average Bonchev–Trinajstić information content (AvgIpc) is 2.26. The number of rotatable bonds is 0. The molecule has 0 spiro atoms. The highest BCUT2D eigenvalue weighted by Gasteiger charge is 2.16. The number of nitrogens with one attached hydrogen (secondary N) is 1. The summed E-state index contributed by atoms with van der Waals surface area (Å²) in [6, 6.07) is 2.39. The van der Waals surface area contributed by atoms with Gasteiger partial charge in [-0.3, -0.25) is 4.98 Å². The summed E-state index contributed by atoms with van der Waals surface area (Å²) < 4.78 is 0. The summed E-state index contributed by atoms with van der Waals surface area (Å²) >= 11 is 0. The van der Waals surface area contributed by atoms with Crippen molar-refractivity contribution >= 4 is 24.8 Å². The van der Waals surface area contributed by atoms with Crippen LogP contribution in [0, 0.1) is 0 Å². The normalized spacial score (nSPS) is 17.5. The van der Waals surface area contributed by atoms with Crippen molar-refractivity contribution in [2.45, 2.75) is 38.6 Å². The molecule has 2 heterocycles. The molecular formula is C12H18Cl2N2. The van der Waals surface area contributed by atoms with Crippen molar-refractivity contribution in [3.63, 3.8) is 0 Å². The molecule has 1 aromatic rings. The lowest BCUT2D eigenvalue weighted by atomic mass is 9.93. The molecule has 1 aliphatic heterocycles. The molecule has 0 unspecified atom stereocenters. The molecule has 3 rings (SSSR count). The lowest BCUT2D eigenvalue weighted by molar-refractivity contribution is 0.607. The van der Waals surface area contributed by atoms with Gasteiger partial charge in [-0.1, -0.05) is 6.07 Å². The van der Waals surface area contributed by atoms with E-state index in [-0.39, 0.29) is 24.8 Å². The minimum atomic E-state index is 0. The van der Waals surface area contributed by atoms with Crippen LogP contribution < -0.4 is 5.32 Å². The smallest absolute Gasteiger partial charge is 0.0464 e. The van der Waals surface area contributed by atoms with Gasteiger partial charge in [0.05, 0.1) is 0 Å². The van der Waals surface area contributed by atoms with Crippen molar-refractivity contribution < 1.29 is 0 Å². The maximum absolute atomic E-state index is 4.81. The van der Waals surface area contributed by atoms with Crippen molar-refractivity contribution in [3.05, 3.63) is 28.6 Å². The first-order valence-electron chi connectivity index (χ1n) is 5.65. The van der Waals surface area contributed by atoms with Crippen LogP contribution in [0.1, 0.15) is 35.4 Å². The molecule has 1 N–H and O–H groups in total. The molecule has 0 saturated carbocycles. The van der Waals surface area contributed by atoms with Crippen LogP contribution in [0.3, 0.4) is 0 Å². The predicted octanol–water partition coefficient (Wildman–Crippen LogP) is 2.45. The zero-order chi connectivity index (χ0) is 9.38. The Morgan fingerprint density at radius 3 is 2.56 bits per heavy atom. The molecule has 90 valence electrons. The van der Waals surface area contributed by atoms with Crippen LogP contribution in [-0.4, -0.2) is 11.5 Å². The van der Waals surface area contributed by atoms with Gasteiger partial charge in [-0.15, -0.1) is 24.8 Å². The molecule has 2 aliphatic rings. The van der Waals surface area contributed by atoms with Gasteiger partial charge in [0, 0.05) is 30.9 Å². The molecule has 2 nitrogen and oxygen atoms in total. The first-order valence-corrected chi connectivity index (χ1v) is 5.65. The average molecular weight is 261 g/mol. The molecule has 4 heteroatoms. The molecule has 1 aromatic heterocycles. The van der Waals surface area contributed by atoms with E-state index in [2.05, 4.69) is 11.4 Å². The number of aromatic nitrogens is 1. The predicted molar refractivity (Wildman–Crippen MR) is 70.8 cm³/mol. The van der Waals surface area contributed by atoms with E-state index in [1.54, 1.807) is 0 Å². The molecular weight excluding hydrogens is 243 g/mol. The standard InChI is InChI=1S/C12H16N2.2ClH/c1-2-4-11-9(3-1)7-10-8-13-6-5-12(10)14-11;;/h7,13H,1-6,8H2;2*1H. The minimum absolute atomic E-state index is 0. The van der Waals surface area contributed by atoms with Gasteiger partial charge in [0.15, 0.2) is 0 Å². The Bertz CT molecular complexity index is 300. The monoisotopic (exact) mass is 260 g/mol. The highest BCUT2D eigenvalue weighted by molar-refractivity contribution is 5.85. The quantitative estimate of drug-likeness (QED) is 0.776. The first-order chi connectivity index (χ1) is 6.93. The van der Waals surface area contributed by atoms with Gasteiger partial charge in [0.2, 0.25) is 0 Å². The van der Waals surface area contributed by atoms with Crippen LogP contribution in [0.4, 0.5) is 0 Å². The fraction of sp³-hybridized carbons (Fsp3) is 0.583. The second-order valence-corrected chi connectivity index (χ2v) is 4.33. The van der Waals surface area contributed by atoms with E-state index in [9.17, 15) is 0 Å². The summed E-state index contributed by atoms with van der Waals surface area (Å²) in [4.78, 5) is 4.81. The van der Waals surface area contributed by atoms with E-state index in [0.29, 0.717) is 0 Å². The Hall–Kier alpha value is -0.310. The molecule has 0 aromatic carbocycles. The summed E-state index contributed by atoms with van der Waals surface area (Å²) in [6.45, 7) is 2.12. The summed E-state index contributed by atoms with van der Waals surface area (Å²) in [7, 11) is 0. The van der Waals surface area contributed by atoms with E-state index in [1.807, 2.05) is 0 Å². The lowest BCUT2D eigenvalue weighted by Gasteiger charge is -2.21. The van der Waals surface area contributed by atoms with Gasteiger partial charge in [-0.2, -0.15) is 0 Å². The Labute approximate surface area is 109 Å². The maximum Gasteiger partial charge on any atom is 0.0464 e. The summed E-state index contributed by atoms with van der Waals surface area (Å²) in [5, 5.41) is 3.41. The van der Waals surface area contributed by atoms with Gasteiger partial charge in [0.25, 0.3) is 0 Å². The Kier molecular flexibility index (Phi) is 5.03. The van der Waals surface area contributed by atoms with E-state index >= 15 is 0 Å². The van der Waals surface area contributed by atoms with E-state index in [4.69, 9.17) is 4.98 Å². The number of nitrogens with zero attached hydrogens (tertiary/aromatic N) is 1. The summed E-state index contributed by atoms with van der Waals surface area (Å²) in [5.74, 6) is 0. The first kappa shape index (κ1) is 13.8. The Morgan fingerprint density at radius 1 is 0.938 bits per heavy atom. The van der Waals surface area contributed by atoms with Gasteiger partial charge >= 0.3 is 0 Å². The number of hydrogen-bond donors (Lipinski definition) is 1. The van der Waals surface area contributed by atoms with Gasteiger partial charge in [-0.05, 0) is 36.8 Å². The maximum atomic E-state index is 4.81. The van der Waals surface area contributed by atoms with Crippen molar-refractivity contribution in [1.82, 2.24) is 10.3 Å². The van der Waals surface area contributed by atoms with Crippen LogP contribution in [0.15, 0.2) is 6.07 Å². The summed E-state index contributed by atoms with van der Waals surface area (Å²) in [6.07, 6.45) is 6.24. The minimum Gasteiger partial charge on any atom is -0.312 e. The van der Waals surface area contributed by atoms with Crippen LogP contribution >= 0.6 is 24.8 Å². The molecule has 0 bridgehead atoms. The molecule has 0 amide bonds. The zero-order valence-electron chi connectivity index (χ0n) is 9.29. The van der Waals surface area contributed by atoms with Gasteiger partial charge in [-0.25, -0.2) is 0 Å². The molecule has 16 heavy (non-hydrogen) atoms. The number of aryl methyl sites for hydroxylation is 2. The number of hydrogen-bond acceptors (Lipinski definition) is 2. The number of pyridine rings is 1. The van der Waals surface area contributed by atoms with Crippen molar-refractivity contribution in [2.24, 2.45) is 0 Å². The summed E-state index contributed by atoms with van der Waals surface area (Å²) in [5.41, 5.74) is 5.69. The van der Waals surface area contributed by atoms with Crippen LogP contribution in [-0.2, 0) is 25.8 Å². The largest absolute Gasteiger partial charge is 0.312 e. The third-order valence-electron chi connectivity index (χ3n) is 3.32. The number of fused-ring (bicyclic) bond motifs is 2. The fourth-order valence-electron chi connectivity index (χ4n) is 2.52. The van der Waals surface area contributed by atoms with Gasteiger partial charge in [0.1, 0.15) is 0 Å². The van der Waals surface area contributed by atoms with Crippen molar-refractivity contribution in [1.29, 1.82) is 0 Å². The second kappa shape index (κ2) is 5.85. The fourth-order valence-corrected chi connectivity index (χ4v) is 2.52. The van der Waals surface area contributed by atoms with Crippen LogP contribution in [0.25, 0.3) is 0 Å². The molecule has 0 radical (unpaired) electrons. The molecule has 0 fully saturated rings. The molecule has 1 aliphatic carbocycles. The topological polar surface area (TPSA) is 24.9 Å². The lowest BCUT2D eigenvalue weighted by Crippen LogP contribution is -2.25. The number of halogens is 2. The second-order valence-electron chi connectivity index (χ2n) is 4.33. The van der Waals surface area contributed by atoms with E-state index in [1.165, 1.54) is 48.2 Å². The molecule has 0 atom stereocenters. The van der Waals surface area contributed by atoms with E-state index in [0.717, 1.165) is 19.5 Å². The van der Waals surface area contributed by atoms with Gasteiger partial charge < -0.3 is 5.32 Å². The van der Waals surface area contributed by atoms with Crippen LogP contribution in [0.5, 0.6) is 0 Å². The highest BCUT2D eigenvalue weighted by Crippen LogP contribution is 2.23. The molecule has 0 saturated heterocycles. The Balaban J connectivity index is 0.000000640. The Morgan fingerprint density at radius 2 is 1.69 bits per heavy atom. The third kappa shape index (κ3) is 2.50. The highest BCUT2D eigenvalue weighted by atomic mass is 35.5. The van der Waals surface area contributed by atoms with Crippen molar-refractivity contribution in [3.8, 4) is 0 Å². The van der Waals surface area contributed by atoms with Crippen LogP contribution in [0.2, 0.25) is 0 Å². The van der Waals surface area contributed by atoms with Crippen molar-refractivity contribution in [2.75, 3.05) is 6.54 Å². The van der Waals surface area contributed by atoms with E-state index < -0.39 is 0 Å². The SMILES string of the molecule is Cl.Cl.c1c2c(nc3c1CNCC3)CCCC2. The zero-order valence-corrected chi connectivity index (χ0v) is 10.9. The third-order valence-corrected chi connectivity index (χ3v) is 3.32.